The number of carbonyl (C=O) groups is 2. The van der Waals surface area contributed by atoms with Crippen LogP contribution in [0.1, 0.15) is 36.3 Å². The maximum atomic E-state index is 12.7. The van der Waals surface area contributed by atoms with E-state index in [-0.39, 0.29) is 30.2 Å². The molecule has 3 unspecified atom stereocenters. The van der Waals surface area contributed by atoms with E-state index in [1.165, 1.54) is 0 Å². The summed E-state index contributed by atoms with van der Waals surface area (Å²) in [6.45, 7) is 0. The van der Waals surface area contributed by atoms with Gasteiger partial charge in [-0.25, -0.2) is 0 Å². The minimum absolute atomic E-state index is 0.00846. The molecule has 0 heterocycles. The van der Waals surface area contributed by atoms with Crippen LogP contribution in [0.2, 0.25) is 0 Å². The Labute approximate surface area is 159 Å². The quantitative estimate of drug-likeness (QED) is 0.712. The van der Waals surface area contributed by atoms with Gasteiger partial charge in [0.15, 0.2) is 0 Å². The van der Waals surface area contributed by atoms with Crippen molar-refractivity contribution in [3.63, 3.8) is 0 Å². The van der Waals surface area contributed by atoms with Crippen LogP contribution in [0, 0.1) is 5.92 Å². The number of ether oxygens (including phenoxy) is 1. The fraction of sp³-hybridized carbons (Fsp3) is 0.364. The third-order valence-corrected chi connectivity index (χ3v) is 5.03. The average Bonchev–Trinajstić information content (AvgIpc) is 3.48. The molecule has 5 nitrogen and oxygen atoms in total. The number of amides is 1. The van der Waals surface area contributed by atoms with Crippen LogP contribution in [0.3, 0.4) is 0 Å². The van der Waals surface area contributed by atoms with Crippen molar-refractivity contribution >= 4 is 11.9 Å². The Morgan fingerprint density at radius 2 is 1.96 bits per heavy atom. The van der Waals surface area contributed by atoms with Crippen molar-refractivity contribution in [2.24, 2.45) is 5.92 Å². The van der Waals surface area contributed by atoms with Gasteiger partial charge >= 0.3 is 5.97 Å². The molecule has 2 N–H and O–H groups in total. The molecule has 0 radical (unpaired) electrons. The van der Waals surface area contributed by atoms with Gasteiger partial charge in [0.05, 0.1) is 7.11 Å². The number of aliphatic carboxylic acids is 1. The molecule has 0 saturated heterocycles. The predicted octanol–water partition coefficient (Wildman–Crippen LogP) is 3.39. The molecule has 2 aromatic rings. The maximum absolute atomic E-state index is 12.7. The van der Waals surface area contributed by atoms with Gasteiger partial charge in [0.1, 0.15) is 5.75 Å². The topological polar surface area (TPSA) is 75.6 Å². The van der Waals surface area contributed by atoms with Crippen molar-refractivity contribution in [2.75, 3.05) is 7.11 Å². The molecule has 27 heavy (non-hydrogen) atoms. The Balaban J connectivity index is 1.61. The Kier molecular flexibility index (Phi) is 6.12. The zero-order valence-electron chi connectivity index (χ0n) is 15.4. The van der Waals surface area contributed by atoms with Gasteiger partial charge in [-0.1, -0.05) is 42.5 Å². The Bertz CT molecular complexity index is 790. The fourth-order valence-corrected chi connectivity index (χ4v) is 3.46. The molecule has 142 valence electrons. The number of benzene rings is 2. The van der Waals surface area contributed by atoms with Crippen molar-refractivity contribution in [2.45, 2.75) is 37.6 Å². The van der Waals surface area contributed by atoms with Gasteiger partial charge in [0, 0.05) is 18.4 Å². The molecule has 1 saturated carbocycles. The molecule has 0 spiro atoms. The summed E-state index contributed by atoms with van der Waals surface area (Å²) in [4.78, 5) is 23.7. The minimum atomic E-state index is -0.844. The largest absolute Gasteiger partial charge is 0.497 e. The zero-order chi connectivity index (χ0) is 19.2. The molecule has 0 bridgehead atoms. The predicted molar refractivity (Wildman–Crippen MR) is 103 cm³/mol. The van der Waals surface area contributed by atoms with Crippen LogP contribution in [-0.4, -0.2) is 30.1 Å². The Morgan fingerprint density at radius 3 is 2.67 bits per heavy atom. The van der Waals surface area contributed by atoms with Crippen molar-refractivity contribution in [1.29, 1.82) is 0 Å². The van der Waals surface area contributed by atoms with Gasteiger partial charge in [-0.15, -0.1) is 0 Å². The highest BCUT2D eigenvalue weighted by Crippen LogP contribution is 2.48. The lowest BCUT2D eigenvalue weighted by atomic mass is 10.0. The van der Waals surface area contributed by atoms with E-state index in [1.807, 2.05) is 54.6 Å². The standard InChI is InChI=1S/C22H25NO4/c1-27-18-9-5-8-16(13-18)19-14-20(19)22(26)23-17(10-11-21(24)25)12-15-6-3-2-4-7-15/h2-9,13,17,19-20H,10-12,14H2,1H3,(H,23,26)(H,24,25). The summed E-state index contributed by atoms with van der Waals surface area (Å²) in [5.74, 6) is 0.108. The number of carbonyl (C=O) groups excluding carboxylic acids is 1. The zero-order valence-corrected chi connectivity index (χ0v) is 15.4. The first-order chi connectivity index (χ1) is 13.1. The third kappa shape index (κ3) is 5.33. The van der Waals surface area contributed by atoms with E-state index in [9.17, 15) is 9.59 Å². The van der Waals surface area contributed by atoms with E-state index in [4.69, 9.17) is 9.84 Å². The number of rotatable bonds is 9. The van der Waals surface area contributed by atoms with Crippen molar-refractivity contribution in [3.05, 3.63) is 65.7 Å². The average molecular weight is 367 g/mol. The van der Waals surface area contributed by atoms with E-state index in [0.29, 0.717) is 12.8 Å². The first-order valence-electron chi connectivity index (χ1n) is 9.27. The summed E-state index contributed by atoms with van der Waals surface area (Å²) in [7, 11) is 1.63. The SMILES string of the molecule is COc1cccc(C2CC2C(=O)NC(CCC(=O)O)Cc2ccccc2)c1. The van der Waals surface area contributed by atoms with E-state index >= 15 is 0 Å². The number of carboxylic acids is 1. The molecule has 3 atom stereocenters. The lowest BCUT2D eigenvalue weighted by Gasteiger charge is -2.18. The van der Waals surface area contributed by atoms with Crippen LogP contribution in [0.4, 0.5) is 0 Å². The molecule has 0 aromatic heterocycles. The molecule has 1 fully saturated rings. The maximum Gasteiger partial charge on any atom is 0.303 e. The number of carboxylic acid groups (broad SMARTS) is 1. The van der Waals surface area contributed by atoms with E-state index in [0.717, 1.165) is 23.3 Å². The van der Waals surface area contributed by atoms with Crippen molar-refractivity contribution < 1.29 is 19.4 Å². The van der Waals surface area contributed by atoms with E-state index in [2.05, 4.69) is 5.32 Å². The molecule has 2 aromatic carbocycles. The Hall–Kier alpha value is -2.82. The highest BCUT2D eigenvalue weighted by atomic mass is 16.5. The van der Waals surface area contributed by atoms with E-state index < -0.39 is 5.97 Å². The first-order valence-corrected chi connectivity index (χ1v) is 9.27. The van der Waals surface area contributed by atoms with Gasteiger partial charge in [-0.05, 0) is 48.4 Å². The minimum Gasteiger partial charge on any atom is -0.497 e. The van der Waals surface area contributed by atoms with Gasteiger partial charge in [0.2, 0.25) is 5.91 Å². The van der Waals surface area contributed by atoms with Crippen molar-refractivity contribution in [3.8, 4) is 5.75 Å². The molecule has 5 heteroatoms. The van der Waals surface area contributed by atoms with Crippen LogP contribution in [0.25, 0.3) is 0 Å². The van der Waals surface area contributed by atoms with Gasteiger partial charge in [0.25, 0.3) is 0 Å². The normalized spacial score (nSPS) is 19.1. The molecular weight excluding hydrogens is 342 g/mol. The smallest absolute Gasteiger partial charge is 0.303 e. The summed E-state index contributed by atoms with van der Waals surface area (Å²) in [6.07, 6.45) is 1.92. The second-order valence-electron chi connectivity index (χ2n) is 7.05. The molecule has 1 amide bonds. The van der Waals surface area contributed by atoms with Gasteiger partial charge in [-0.2, -0.15) is 0 Å². The highest BCUT2D eigenvalue weighted by molar-refractivity contribution is 5.83. The van der Waals surface area contributed by atoms with Crippen LogP contribution >= 0.6 is 0 Å². The second-order valence-corrected chi connectivity index (χ2v) is 7.05. The summed E-state index contributed by atoms with van der Waals surface area (Å²) in [5, 5.41) is 12.1. The van der Waals surface area contributed by atoms with Gasteiger partial charge < -0.3 is 15.2 Å². The Morgan fingerprint density at radius 1 is 1.19 bits per heavy atom. The number of hydrogen-bond acceptors (Lipinski definition) is 3. The summed E-state index contributed by atoms with van der Waals surface area (Å²) >= 11 is 0. The lowest BCUT2D eigenvalue weighted by Crippen LogP contribution is -2.38. The van der Waals surface area contributed by atoms with Crippen LogP contribution in [0.5, 0.6) is 5.75 Å². The van der Waals surface area contributed by atoms with Crippen LogP contribution in [0.15, 0.2) is 54.6 Å². The second kappa shape index (κ2) is 8.71. The first kappa shape index (κ1) is 19.0. The van der Waals surface area contributed by atoms with E-state index in [1.54, 1.807) is 7.11 Å². The highest BCUT2D eigenvalue weighted by Gasteiger charge is 2.44. The number of nitrogens with one attached hydrogen (secondary N) is 1. The lowest BCUT2D eigenvalue weighted by molar-refractivity contribution is -0.137. The van der Waals surface area contributed by atoms with Crippen molar-refractivity contribution in [1.82, 2.24) is 5.32 Å². The summed E-state index contributed by atoms with van der Waals surface area (Å²) < 4.78 is 5.26. The fourth-order valence-electron chi connectivity index (χ4n) is 3.46. The molecule has 0 aliphatic heterocycles. The monoisotopic (exact) mass is 367 g/mol. The summed E-state index contributed by atoms with van der Waals surface area (Å²) in [6, 6.07) is 17.5. The van der Waals surface area contributed by atoms with Crippen LogP contribution < -0.4 is 10.1 Å². The molecule has 3 rings (SSSR count). The third-order valence-electron chi connectivity index (χ3n) is 5.03. The van der Waals surface area contributed by atoms with Gasteiger partial charge in [-0.3, -0.25) is 9.59 Å². The molecule has 1 aliphatic rings. The summed E-state index contributed by atoms with van der Waals surface area (Å²) in [5.41, 5.74) is 2.20. The van der Waals surface area contributed by atoms with Crippen LogP contribution in [-0.2, 0) is 16.0 Å². The molecule has 1 aliphatic carbocycles. The molecular formula is C22H25NO4. The number of methoxy groups -OCH3 is 1. The number of hydrogen-bond donors (Lipinski definition) is 2.